The zero-order valence-electron chi connectivity index (χ0n) is 25.3. The van der Waals surface area contributed by atoms with Gasteiger partial charge >= 0.3 is 0 Å². The van der Waals surface area contributed by atoms with E-state index in [1.54, 1.807) is 0 Å². The topological polar surface area (TPSA) is 18.5 Å². The van der Waals surface area contributed by atoms with Crippen LogP contribution in [0.25, 0.3) is 0 Å². The molecule has 0 radical (unpaired) electrons. The molecule has 3 aliphatic carbocycles. The van der Waals surface area contributed by atoms with Crippen LogP contribution < -0.4 is 0 Å². The molecule has 224 valence electrons. The quantitative estimate of drug-likeness (QED) is 0.107. The van der Waals surface area contributed by atoms with Gasteiger partial charge in [0.05, 0.1) is 12.2 Å². The lowest BCUT2D eigenvalue weighted by Gasteiger charge is -2.69. The van der Waals surface area contributed by atoms with Gasteiger partial charge in [0.15, 0.2) is 0 Å². The van der Waals surface area contributed by atoms with Crippen LogP contribution in [0.1, 0.15) is 174 Å². The first-order valence-electron chi connectivity index (χ1n) is 17.1. The Bertz CT molecular complexity index is 556. The van der Waals surface area contributed by atoms with Crippen molar-refractivity contribution in [3.05, 3.63) is 0 Å². The van der Waals surface area contributed by atoms with Gasteiger partial charge in [-0.1, -0.05) is 104 Å². The summed E-state index contributed by atoms with van der Waals surface area (Å²) >= 11 is 14.5. The van der Waals surface area contributed by atoms with Gasteiger partial charge in [-0.15, -0.1) is 23.2 Å². The molecular formula is C34H62Cl2O2. The second-order valence-corrected chi connectivity index (χ2v) is 14.7. The highest BCUT2D eigenvalue weighted by Gasteiger charge is 2.72. The Morgan fingerprint density at radius 1 is 0.500 bits per heavy atom. The lowest BCUT2D eigenvalue weighted by molar-refractivity contribution is -0.139. The van der Waals surface area contributed by atoms with Gasteiger partial charge in [-0.25, -0.2) is 0 Å². The van der Waals surface area contributed by atoms with Crippen LogP contribution in [0.15, 0.2) is 0 Å². The van der Waals surface area contributed by atoms with Crippen molar-refractivity contribution in [1.29, 1.82) is 0 Å². The predicted molar refractivity (Wildman–Crippen MR) is 166 cm³/mol. The molecule has 0 bridgehead atoms. The first kappa shape index (κ1) is 33.0. The summed E-state index contributed by atoms with van der Waals surface area (Å²) in [5, 5.41) is 0. The highest BCUT2D eigenvalue weighted by molar-refractivity contribution is 6.50. The summed E-state index contributed by atoms with van der Waals surface area (Å²) < 4.78 is 12.0. The van der Waals surface area contributed by atoms with E-state index in [4.69, 9.17) is 32.7 Å². The largest absolute Gasteiger partial charge is 0.378 e. The summed E-state index contributed by atoms with van der Waals surface area (Å²) in [6.07, 6.45) is 32.9. The molecule has 0 aromatic carbocycles. The summed E-state index contributed by atoms with van der Waals surface area (Å²) in [7, 11) is 0. The Kier molecular flexibility index (Phi) is 15.2. The van der Waals surface area contributed by atoms with E-state index in [0.29, 0.717) is 12.2 Å². The average molecular weight is 574 g/mol. The maximum atomic E-state index is 7.27. The van der Waals surface area contributed by atoms with Gasteiger partial charge in [0, 0.05) is 24.0 Å². The van der Waals surface area contributed by atoms with Crippen LogP contribution in [-0.4, -0.2) is 29.8 Å². The number of hydrogen-bond donors (Lipinski definition) is 0. The van der Waals surface area contributed by atoms with E-state index in [-0.39, 0.29) is 10.8 Å². The molecule has 0 aromatic rings. The van der Waals surface area contributed by atoms with Crippen LogP contribution in [0.2, 0.25) is 0 Å². The van der Waals surface area contributed by atoms with Gasteiger partial charge in [0.2, 0.25) is 0 Å². The van der Waals surface area contributed by atoms with Gasteiger partial charge in [-0.05, 0) is 70.6 Å². The molecular weight excluding hydrogens is 511 g/mol. The smallest absolute Gasteiger partial charge is 0.129 e. The lowest BCUT2D eigenvalue weighted by Crippen LogP contribution is -2.67. The number of unbranched alkanes of at least 4 members (excludes halogenated alkanes) is 14. The maximum absolute atomic E-state index is 7.27. The molecule has 0 aromatic heterocycles. The van der Waals surface area contributed by atoms with E-state index in [1.807, 2.05) is 0 Å². The van der Waals surface area contributed by atoms with E-state index in [2.05, 4.69) is 13.8 Å². The molecule has 38 heavy (non-hydrogen) atoms. The number of hydrogen-bond acceptors (Lipinski definition) is 2. The van der Waals surface area contributed by atoms with Crippen molar-refractivity contribution >= 4 is 23.2 Å². The number of halogens is 2. The van der Waals surface area contributed by atoms with Crippen molar-refractivity contribution in [3.63, 3.8) is 0 Å². The van der Waals surface area contributed by atoms with Crippen LogP contribution >= 0.6 is 23.2 Å². The van der Waals surface area contributed by atoms with Gasteiger partial charge < -0.3 is 9.47 Å². The molecule has 3 saturated carbocycles. The Balaban J connectivity index is 1.23. The molecule has 4 heteroatoms. The van der Waals surface area contributed by atoms with Crippen LogP contribution in [0.4, 0.5) is 0 Å². The van der Waals surface area contributed by atoms with Gasteiger partial charge in [-0.2, -0.15) is 0 Å². The van der Waals surface area contributed by atoms with Crippen molar-refractivity contribution in [2.75, 3.05) is 13.2 Å². The molecule has 3 fully saturated rings. The molecule has 2 spiro atoms. The molecule has 0 aliphatic heterocycles. The Morgan fingerprint density at radius 3 is 1.13 bits per heavy atom. The summed E-state index contributed by atoms with van der Waals surface area (Å²) in [5.74, 6) is 0. The number of ether oxygens (including phenoxy) is 2. The van der Waals surface area contributed by atoms with Gasteiger partial charge in [-0.3, -0.25) is 0 Å². The van der Waals surface area contributed by atoms with Crippen LogP contribution in [0.3, 0.4) is 0 Å². The Morgan fingerprint density at radius 2 is 0.816 bits per heavy atom. The Hall–Kier alpha value is 0.500. The summed E-state index contributed by atoms with van der Waals surface area (Å²) in [5.41, 5.74) is 0.249. The first-order chi connectivity index (χ1) is 18.5. The highest BCUT2D eigenvalue weighted by Crippen LogP contribution is 2.76. The molecule has 0 saturated heterocycles. The maximum Gasteiger partial charge on any atom is 0.129 e. The van der Waals surface area contributed by atoms with E-state index in [1.165, 1.54) is 109 Å². The average Bonchev–Trinajstić information content (AvgIpc) is 2.93. The molecule has 3 rings (SSSR count). The van der Waals surface area contributed by atoms with Gasteiger partial charge in [0.1, 0.15) is 4.33 Å². The van der Waals surface area contributed by atoms with Crippen molar-refractivity contribution in [2.24, 2.45) is 10.8 Å². The normalized spacial score (nSPS) is 30.6. The van der Waals surface area contributed by atoms with E-state index >= 15 is 0 Å². The summed E-state index contributed by atoms with van der Waals surface area (Å²) in [6.45, 7) is 6.44. The van der Waals surface area contributed by atoms with Gasteiger partial charge in [0.25, 0.3) is 0 Å². The van der Waals surface area contributed by atoms with Crippen LogP contribution in [0, 0.1) is 10.8 Å². The monoisotopic (exact) mass is 572 g/mol. The standard InChI is InChI=1S/C34H62Cl2O2/c1-3-5-7-9-11-13-15-17-27-37-30-19-23-32(24-20-30)29-33(34(32,35)36)25-21-31(22-26-33)38-28-18-16-14-12-10-8-6-4-2/h30-31H,3-29H2,1-2H3/t30?,31?,32-,33-. The van der Waals surface area contributed by atoms with Crippen molar-refractivity contribution < 1.29 is 9.47 Å². The van der Waals surface area contributed by atoms with Crippen molar-refractivity contribution in [3.8, 4) is 0 Å². The second-order valence-electron chi connectivity index (χ2n) is 13.4. The van der Waals surface area contributed by atoms with Crippen molar-refractivity contribution in [2.45, 2.75) is 191 Å². The third-order valence-corrected chi connectivity index (χ3v) is 12.1. The SMILES string of the molecule is CCCCCCCCCCOC1CC[C@]2(CC1)C[C@@]1(CCC(OCCCCCCCCCC)CC1)C2(Cl)Cl. The zero-order valence-corrected chi connectivity index (χ0v) is 26.8. The Labute approximate surface area is 247 Å². The minimum absolute atomic E-state index is 0.124. The second kappa shape index (κ2) is 17.5. The third kappa shape index (κ3) is 9.25. The predicted octanol–water partition coefficient (Wildman–Crippen LogP) is 11.7. The fourth-order valence-electron chi connectivity index (χ4n) is 7.90. The third-order valence-electron chi connectivity index (χ3n) is 10.5. The van der Waals surface area contributed by atoms with Crippen molar-refractivity contribution in [1.82, 2.24) is 0 Å². The molecule has 0 unspecified atom stereocenters. The summed E-state index contributed by atoms with van der Waals surface area (Å²) in [4.78, 5) is 0. The zero-order chi connectivity index (χ0) is 27.2. The van der Waals surface area contributed by atoms with Crippen LogP contribution in [-0.2, 0) is 9.47 Å². The van der Waals surface area contributed by atoms with Crippen LogP contribution in [0.5, 0.6) is 0 Å². The molecule has 0 amide bonds. The fourth-order valence-corrected chi connectivity index (χ4v) is 8.92. The molecule has 0 N–H and O–H groups in total. The molecule has 0 heterocycles. The van der Waals surface area contributed by atoms with E-state index in [0.717, 1.165) is 64.6 Å². The van der Waals surface area contributed by atoms with E-state index in [9.17, 15) is 0 Å². The summed E-state index contributed by atoms with van der Waals surface area (Å²) in [6, 6.07) is 0. The lowest BCUT2D eigenvalue weighted by atomic mass is 9.44. The fraction of sp³-hybridized carbons (Fsp3) is 1.00. The van der Waals surface area contributed by atoms with E-state index < -0.39 is 4.33 Å². The molecule has 3 aliphatic rings. The number of alkyl halides is 2. The molecule has 2 nitrogen and oxygen atoms in total. The highest BCUT2D eigenvalue weighted by atomic mass is 35.5. The minimum Gasteiger partial charge on any atom is -0.378 e. The number of rotatable bonds is 20. The minimum atomic E-state index is -0.564. The molecule has 0 atom stereocenters. The first-order valence-corrected chi connectivity index (χ1v) is 17.9.